The van der Waals surface area contributed by atoms with Crippen LogP contribution in [0.1, 0.15) is 78.8 Å². The van der Waals surface area contributed by atoms with Crippen molar-refractivity contribution in [2.75, 3.05) is 20.2 Å². The first kappa shape index (κ1) is 21.4. The first-order valence-electron chi connectivity index (χ1n) is 11.4. The van der Waals surface area contributed by atoms with E-state index in [0.717, 1.165) is 61.0 Å². The Kier molecular flexibility index (Phi) is 6.90. The van der Waals surface area contributed by atoms with Crippen LogP contribution in [-0.2, 0) is 9.53 Å². The smallest absolute Gasteiger partial charge is 0.337 e. The SMILES string of the molecule is COC(=O)c1cc(/C=C/C(=O)N2CCCCC2)c(-c2ccoc2)c(C2CCCCC2)c1. The number of esters is 1. The number of hydrogen-bond acceptors (Lipinski definition) is 4. The molecule has 1 aliphatic carbocycles. The minimum atomic E-state index is -0.354. The molecule has 5 heteroatoms. The molecule has 0 atom stereocenters. The number of benzene rings is 1. The van der Waals surface area contributed by atoms with Crippen molar-refractivity contribution in [2.45, 2.75) is 57.3 Å². The van der Waals surface area contributed by atoms with Gasteiger partial charge in [0, 0.05) is 24.7 Å². The highest BCUT2D eigenvalue weighted by atomic mass is 16.5. The van der Waals surface area contributed by atoms with Crippen molar-refractivity contribution in [2.24, 2.45) is 0 Å². The molecule has 1 saturated carbocycles. The summed E-state index contributed by atoms with van der Waals surface area (Å²) in [6.07, 6.45) is 16.1. The van der Waals surface area contributed by atoms with Crippen molar-refractivity contribution in [3.05, 3.63) is 53.5 Å². The van der Waals surface area contributed by atoms with E-state index in [1.54, 1.807) is 18.6 Å². The molecule has 0 bridgehead atoms. The van der Waals surface area contributed by atoms with Gasteiger partial charge in [-0.3, -0.25) is 4.79 Å². The van der Waals surface area contributed by atoms with Crippen LogP contribution in [0.5, 0.6) is 0 Å². The Morgan fingerprint density at radius 1 is 1.06 bits per heavy atom. The van der Waals surface area contributed by atoms with E-state index in [0.29, 0.717) is 11.5 Å². The molecule has 1 aromatic carbocycles. The number of furan rings is 1. The second kappa shape index (κ2) is 9.99. The van der Waals surface area contributed by atoms with Gasteiger partial charge in [0.25, 0.3) is 0 Å². The van der Waals surface area contributed by atoms with Crippen LogP contribution in [0.15, 0.2) is 41.2 Å². The quantitative estimate of drug-likeness (QED) is 0.452. The minimum Gasteiger partial charge on any atom is -0.472 e. The molecule has 2 fully saturated rings. The van der Waals surface area contributed by atoms with Gasteiger partial charge in [-0.25, -0.2) is 4.79 Å². The Hall–Kier alpha value is -2.82. The maximum atomic E-state index is 12.8. The third-order valence-corrected chi connectivity index (χ3v) is 6.55. The summed E-state index contributed by atoms with van der Waals surface area (Å²) < 4.78 is 10.4. The van der Waals surface area contributed by atoms with Crippen molar-refractivity contribution in [1.82, 2.24) is 4.90 Å². The first-order valence-corrected chi connectivity index (χ1v) is 11.4. The molecule has 2 aliphatic rings. The van der Waals surface area contributed by atoms with Gasteiger partial charge in [-0.1, -0.05) is 19.3 Å². The van der Waals surface area contributed by atoms with Crippen molar-refractivity contribution < 1.29 is 18.7 Å². The minimum absolute atomic E-state index is 0.0283. The number of hydrogen-bond donors (Lipinski definition) is 0. The second-order valence-electron chi connectivity index (χ2n) is 8.59. The van der Waals surface area contributed by atoms with E-state index in [9.17, 15) is 9.59 Å². The number of rotatable bonds is 5. The van der Waals surface area contributed by atoms with E-state index in [1.165, 1.54) is 32.8 Å². The number of amides is 1. The summed E-state index contributed by atoms with van der Waals surface area (Å²) in [5, 5.41) is 0. The van der Waals surface area contributed by atoms with Gasteiger partial charge in [-0.15, -0.1) is 0 Å². The van der Waals surface area contributed by atoms with Gasteiger partial charge in [0.1, 0.15) is 0 Å². The van der Waals surface area contributed by atoms with Crippen LogP contribution in [0, 0.1) is 0 Å². The largest absolute Gasteiger partial charge is 0.472 e. The molecule has 1 saturated heterocycles. The maximum absolute atomic E-state index is 12.8. The fraction of sp³-hybridized carbons (Fsp3) is 0.462. The zero-order valence-electron chi connectivity index (χ0n) is 18.3. The predicted molar refractivity (Wildman–Crippen MR) is 121 cm³/mol. The van der Waals surface area contributed by atoms with Crippen molar-refractivity contribution in [1.29, 1.82) is 0 Å². The van der Waals surface area contributed by atoms with Gasteiger partial charge in [0.05, 0.1) is 25.2 Å². The summed E-state index contributed by atoms with van der Waals surface area (Å²) in [5.74, 6) is 0.0570. The van der Waals surface area contributed by atoms with Crippen molar-refractivity contribution in [3.63, 3.8) is 0 Å². The Morgan fingerprint density at radius 3 is 2.48 bits per heavy atom. The standard InChI is InChI=1S/C26H31NO4/c1-30-26(29)22-16-20(10-11-24(28)27-13-6-3-7-14-27)25(21-12-15-31-18-21)23(17-22)19-8-4-2-5-9-19/h10-12,15-19H,2-9,13-14H2,1H3/b11-10+. The summed E-state index contributed by atoms with van der Waals surface area (Å²) >= 11 is 0. The molecule has 4 rings (SSSR count). The Balaban J connectivity index is 1.78. The van der Waals surface area contributed by atoms with Crippen LogP contribution in [0.2, 0.25) is 0 Å². The molecule has 164 valence electrons. The highest BCUT2D eigenvalue weighted by Crippen LogP contribution is 2.41. The number of carbonyl (C=O) groups excluding carboxylic acids is 2. The molecule has 1 amide bonds. The van der Waals surface area contributed by atoms with Gasteiger partial charge in [-0.05, 0) is 79.0 Å². The normalized spacial score (nSPS) is 17.8. The van der Waals surface area contributed by atoms with E-state index in [-0.39, 0.29) is 11.9 Å². The molecule has 0 N–H and O–H groups in total. The Morgan fingerprint density at radius 2 is 1.81 bits per heavy atom. The van der Waals surface area contributed by atoms with E-state index < -0.39 is 0 Å². The lowest BCUT2D eigenvalue weighted by Gasteiger charge is -2.26. The zero-order valence-corrected chi connectivity index (χ0v) is 18.3. The average molecular weight is 422 g/mol. The van der Waals surface area contributed by atoms with Crippen LogP contribution in [0.3, 0.4) is 0 Å². The summed E-state index contributed by atoms with van der Waals surface area (Å²) in [4.78, 5) is 27.1. The second-order valence-corrected chi connectivity index (χ2v) is 8.59. The van der Waals surface area contributed by atoms with E-state index >= 15 is 0 Å². The Bertz CT molecular complexity index is 933. The number of carbonyl (C=O) groups is 2. The molecule has 2 aromatic rings. The van der Waals surface area contributed by atoms with Gasteiger partial charge < -0.3 is 14.1 Å². The van der Waals surface area contributed by atoms with Crippen LogP contribution < -0.4 is 0 Å². The summed E-state index contributed by atoms with van der Waals surface area (Å²) in [6.45, 7) is 1.63. The van der Waals surface area contributed by atoms with Crippen molar-refractivity contribution in [3.8, 4) is 11.1 Å². The predicted octanol–water partition coefficient (Wildman–Crippen LogP) is 5.81. The Labute approximate surface area is 184 Å². The van der Waals surface area contributed by atoms with E-state index in [4.69, 9.17) is 9.15 Å². The summed E-state index contributed by atoms with van der Waals surface area (Å²) in [5.41, 5.74) is 4.56. The molecule has 0 spiro atoms. The van der Waals surface area contributed by atoms with Gasteiger partial charge in [0.15, 0.2) is 0 Å². The molecule has 0 unspecified atom stereocenters. The van der Waals surface area contributed by atoms with Crippen LogP contribution in [-0.4, -0.2) is 37.0 Å². The van der Waals surface area contributed by atoms with E-state index in [2.05, 4.69) is 0 Å². The monoisotopic (exact) mass is 421 g/mol. The molecular formula is C26H31NO4. The average Bonchev–Trinajstić information content (AvgIpc) is 3.37. The maximum Gasteiger partial charge on any atom is 0.337 e. The first-order chi connectivity index (χ1) is 15.2. The molecular weight excluding hydrogens is 390 g/mol. The fourth-order valence-corrected chi connectivity index (χ4v) is 4.91. The lowest BCUT2D eigenvalue weighted by molar-refractivity contribution is -0.126. The molecule has 1 aliphatic heterocycles. The highest BCUT2D eigenvalue weighted by Gasteiger charge is 2.24. The van der Waals surface area contributed by atoms with Crippen LogP contribution >= 0.6 is 0 Å². The topological polar surface area (TPSA) is 59.8 Å². The number of nitrogens with zero attached hydrogens (tertiary/aromatic N) is 1. The number of likely N-dealkylation sites (tertiary alicyclic amines) is 1. The van der Waals surface area contributed by atoms with Gasteiger partial charge in [0.2, 0.25) is 5.91 Å². The number of ether oxygens (including phenoxy) is 1. The number of piperidine rings is 1. The molecule has 1 aromatic heterocycles. The van der Waals surface area contributed by atoms with Crippen molar-refractivity contribution >= 4 is 18.0 Å². The lowest BCUT2D eigenvalue weighted by Crippen LogP contribution is -2.34. The van der Waals surface area contributed by atoms with Gasteiger partial charge in [-0.2, -0.15) is 0 Å². The zero-order chi connectivity index (χ0) is 21.6. The lowest BCUT2D eigenvalue weighted by atomic mass is 9.79. The fourth-order valence-electron chi connectivity index (χ4n) is 4.91. The molecule has 2 heterocycles. The molecule has 0 radical (unpaired) electrons. The van der Waals surface area contributed by atoms with Crippen LogP contribution in [0.4, 0.5) is 0 Å². The third-order valence-electron chi connectivity index (χ3n) is 6.55. The third kappa shape index (κ3) is 4.92. The van der Waals surface area contributed by atoms with E-state index in [1.807, 2.05) is 29.2 Å². The number of methoxy groups -OCH3 is 1. The highest BCUT2D eigenvalue weighted by molar-refractivity contribution is 5.96. The van der Waals surface area contributed by atoms with Gasteiger partial charge >= 0.3 is 5.97 Å². The molecule has 31 heavy (non-hydrogen) atoms. The van der Waals surface area contributed by atoms with Crippen LogP contribution in [0.25, 0.3) is 17.2 Å². The molecule has 5 nitrogen and oxygen atoms in total. The summed E-state index contributed by atoms with van der Waals surface area (Å²) in [6, 6.07) is 5.76. The summed E-state index contributed by atoms with van der Waals surface area (Å²) in [7, 11) is 1.40.